The highest BCUT2D eigenvalue weighted by molar-refractivity contribution is 6.02. The van der Waals surface area contributed by atoms with Gasteiger partial charge in [0.2, 0.25) is 5.91 Å². The van der Waals surface area contributed by atoms with E-state index in [-0.39, 0.29) is 36.0 Å². The molecule has 1 aliphatic rings. The lowest BCUT2D eigenvalue weighted by atomic mass is 9.95. The molecule has 0 radical (unpaired) electrons. The van der Waals surface area contributed by atoms with Crippen LogP contribution in [0.1, 0.15) is 29.0 Å². The highest BCUT2D eigenvalue weighted by Gasteiger charge is 2.27. The molecule has 1 fully saturated rings. The summed E-state index contributed by atoms with van der Waals surface area (Å²) in [5.41, 5.74) is 1.49. The maximum absolute atomic E-state index is 12.7. The molecule has 2 N–H and O–H groups in total. The standard InChI is InChI=1S/C26H27N3O5/c30-24(18-34-22-8-2-1-3-9-22)29-13-11-20(12-14-29)25(31)27-17-19-6-4-7-21(16-19)28-26(32)23-10-5-15-33-23/h1-10,15-16,20H,11-14,17-18H2,(H,27,31)(H,28,32). The zero-order valence-electron chi connectivity index (χ0n) is 18.7. The zero-order chi connectivity index (χ0) is 23.8. The summed E-state index contributed by atoms with van der Waals surface area (Å²) in [6.07, 6.45) is 2.67. The number of carbonyl (C=O) groups is 3. The summed E-state index contributed by atoms with van der Waals surface area (Å²) in [5, 5.41) is 5.75. The Morgan fingerprint density at radius 1 is 0.971 bits per heavy atom. The molecule has 0 aliphatic carbocycles. The predicted molar refractivity (Wildman–Crippen MR) is 126 cm³/mol. The van der Waals surface area contributed by atoms with Gasteiger partial charge in [0, 0.05) is 31.2 Å². The molecule has 0 unspecified atom stereocenters. The van der Waals surface area contributed by atoms with E-state index in [2.05, 4.69) is 10.6 Å². The Hall–Kier alpha value is -4.07. The molecule has 2 aromatic carbocycles. The SMILES string of the molecule is O=C(Nc1cccc(CNC(=O)C2CCN(C(=O)COc3ccccc3)CC2)c1)c1ccco1. The molecule has 3 amide bonds. The minimum atomic E-state index is -0.332. The van der Waals surface area contributed by atoms with Gasteiger partial charge in [0.15, 0.2) is 12.4 Å². The Kier molecular flexibility index (Phi) is 7.60. The van der Waals surface area contributed by atoms with Crippen molar-refractivity contribution in [1.82, 2.24) is 10.2 Å². The number of hydrogen-bond acceptors (Lipinski definition) is 5. The second-order valence-electron chi connectivity index (χ2n) is 8.11. The van der Waals surface area contributed by atoms with Crippen LogP contribution in [0.3, 0.4) is 0 Å². The van der Waals surface area contributed by atoms with Gasteiger partial charge in [-0.25, -0.2) is 0 Å². The van der Waals surface area contributed by atoms with Crippen LogP contribution >= 0.6 is 0 Å². The number of likely N-dealkylation sites (tertiary alicyclic amines) is 1. The Labute approximate surface area is 197 Å². The molecular weight excluding hydrogens is 434 g/mol. The average molecular weight is 462 g/mol. The van der Waals surface area contributed by atoms with Crippen molar-refractivity contribution in [2.24, 2.45) is 5.92 Å². The highest BCUT2D eigenvalue weighted by atomic mass is 16.5. The van der Waals surface area contributed by atoms with Gasteiger partial charge in [-0.15, -0.1) is 0 Å². The summed E-state index contributed by atoms with van der Waals surface area (Å²) in [5.74, 6) is 0.321. The fraction of sp³-hybridized carbons (Fsp3) is 0.269. The van der Waals surface area contributed by atoms with Gasteiger partial charge in [0.05, 0.1) is 6.26 Å². The lowest BCUT2D eigenvalue weighted by Gasteiger charge is -2.31. The van der Waals surface area contributed by atoms with Crippen LogP contribution in [0.5, 0.6) is 5.75 Å². The molecule has 2 heterocycles. The predicted octanol–water partition coefficient (Wildman–Crippen LogP) is 3.47. The number of rotatable bonds is 8. The summed E-state index contributed by atoms with van der Waals surface area (Å²) < 4.78 is 10.6. The maximum atomic E-state index is 12.7. The van der Waals surface area contributed by atoms with Crippen LogP contribution in [0.2, 0.25) is 0 Å². The first kappa shape index (κ1) is 23.1. The number of piperidine rings is 1. The summed E-state index contributed by atoms with van der Waals surface area (Å²) in [6.45, 7) is 1.41. The molecule has 0 spiro atoms. The van der Waals surface area contributed by atoms with Crippen LogP contribution < -0.4 is 15.4 Å². The molecule has 34 heavy (non-hydrogen) atoms. The summed E-state index contributed by atoms with van der Waals surface area (Å²) in [4.78, 5) is 38.9. The number of nitrogens with one attached hydrogen (secondary N) is 2. The van der Waals surface area contributed by atoms with Crippen molar-refractivity contribution in [3.8, 4) is 5.75 Å². The molecule has 3 aromatic rings. The average Bonchev–Trinajstić information content (AvgIpc) is 3.42. The summed E-state index contributed by atoms with van der Waals surface area (Å²) >= 11 is 0. The molecule has 0 bridgehead atoms. The second-order valence-corrected chi connectivity index (χ2v) is 8.11. The number of hydrogen-bond donors (Lipinski definition) is 2. The van der Waals surface area contributed by atoms with Crippen molar-refractivity contribution < 1.29 is 23.5 Å². The monoisotopic (exact) mass is 461 g/mol. The van der Waals surface area contributed by atoms with Gasteiger partial charge in [-0.05, 0) is 54.8 Å². The number of para-hydroxylation sites is 1. The second kappa shape index (κ2) is 11.2. The molecule has 176 valence electrons. The Bertz CT molecular complexity index is 1110. The van der Waals surface area contributed by atoms with E-state index in [0.29, 0.717) is 43.9 Å². The molecule has 1 saturated heterocycles. The number of ether oxygens (including phenoxy) is 1. The molecule has 1 aromatic heterocycles. The van der Waals surface area contributed by atoms with E-state index in [1.807, 2.05) is 48.5 Å². The summed E-state index contributed by atoms with van der Waals surface area (Å²) in [7, 11) is 0. The van der Waals surface area contributed by atoms with Crippen molar-refractivity contribution in [1.29, 1.82) is 0 Å². The van der Waals surface area contributed by atoms with Gasteiger partial charge in [0.1, 0.15) is 5.75 Å². The van der Waals surface area contributed by atoms with E-state index in [4.69, 9.17) is 9.15 Å². The van der Waals surface area contributed by atoms with E-state index in [1.165, 1.54) is 6.26 Å². The number of benzene rings is 2. The van der Waals surface area contributed by atoms with E-state index in [0.717, 1.165) is 5.56 Å². The summed E-state index contributed by atoms with van der Waals surface area (Å²) in [6, 6.07) is 19.8. The van der Waals surface area contributed by atoms with Crippen molar-refractivity contribution in [3.63, 3.8) is 0 Å². The largest absolute Gasteiger partial charge is 0.484 e. The van der Waals surface area contributed by atoms with Crippen LogP contribution in [0, 0.1) is 5.92 Å². The molecule has 4 rings (SSSR count). The van der Waals surface area contributed by atoms with Crippen LogP contribution in [0.25, 0.3) is 0 Å². The van der Waals surface area contributed by atoms with Crippen molar-refractivity contribution in [3.05, 3.63) is 84.3 Å². The fourth-order valence-electron chi connectivity index (χ4n) is 3.84. The minimum Gasteiger partial charge on any atom is -0.484 e. The molecule has 1 aliphatic heterocycles. The first-order valence-corrected chi connectivity index (χ1v) is 11.3. The number of amides is 3. The molecular formula is C26H27N3O5. The third-order valence-corrected chi connectivity index (χ3v) is 5.72. The first-order chi connectivity index (χ1) is 16.6. The quantitative estimate of drug-likeness (QED) is 0.535. The maximum Gasteiger partial charge on any atom is 0.291 e. The number of furan rings is 1. The Balaban J connectivity index is 1.20. The molecule has 0 saturated carbocycles. The van der Waals surface area contributed by atoms with Crippen LogP contribution in [-0.4, -0.2) is 42.3 Å². The number of carbonyl (C=O) groups excluding carboxylic acids is 3. The third-order valence-electron chi connectivity index (χ3n) is 5.72. The van der Waals surface area contributed by atoms with Gasteiger partial charge in [-0.1, -0.05) is 30.3 Å². The Morgan fingerprint density at radius 2 is 1.76 bits per heavy atom. The van der Waals surface area contributed by atoms with Gasteiger partial charge < -0.3 is 24.7 Å². The van der Waals surface area contributed by atoms with Gasteiger partial charge in [-0.2, -0.15) is 0 Å². The van der Waals surface area contributed by atoms with E-state index in [1.54, 1.807) is 23.1 Å². The van der Waals surface area contributed by atoms with E-state index < -0.39 is 0 Å². The van der Waals surface area contributed by atoms with E-state index >= 15 is 0 Å². The highest BCUT2D eigenvalue weighted by Crippen LogP contribution is 2.19. The van der Waals surface area contributed by atoms with Crippen LogP contribution in [0.4, 0.5) is 5.69 Å². The van der Waals surface area contributed by atoms with Gasteiger partial charge in [-0.3, -0.25) is 14.4 Å². The zero-order valence-corrected chi connectivity index (χ0v) is 18.7. The molecule has 8 heteroatoms. The normalized spacial score (nSPS) is 13.8. The smallest absolute Gasteiger partial charge is 0.291 e. The topological polar surface area (TPSA) is 101 Å². The van der Waals surface area contributed by atoms with Gasteiger partial charge >= 0.3 is 0 Å². The lowest BCUT2D eigenvalue weighted by molar-refractivity contribution is -0.137. The molecule has 8 nitrogen and oxygen atoms in total. The van der Waals surface area contributed by atoms with Crippen LogP contribution in [-0.2, 0) is 16.1 Å². The first-order valence-electron chi connectivity index (χ1n) is 11.3. The lowest BCUT2D eigenvalue weighted by Crippen LogP contribution is -2.44. The number of nitrogens with zero attached hydrogens (tertiary/aromatic N) is 1. The van der Waals surface area contributed by atoms with Crippen molar-refractivity contribution in [2.45, 2.75) is 19.4 Å². The van der Waals surface area contributed by atoms with Gasteiger partial charge in [0.25, 0.3) is 11.8 Å². The van der Waals surface area contributed by atoms with Crippen molar-refractivity contribution >= 4 is 23.4 Å². The third kappa shape index (κ3) is 6.25. The van der Waals surface area contributed by atoms with Crippen molar-refractivity contribution in [2.75, 3.05) is 25.0 Å². The minimum absolute atomic E-state index is 0.00627. The van der Waals surface area contributed by atoms with Crippen LogP contribution in [0.15, 0.2) is 77.4 Å². The fourth-order valence-corrected chi connectivity index (χ4v) is 3.84. The number of anilines is 1. The molecule has 0 atom stereocenters. The Morgan fingerprint density at radius 3 is 2.50 bits per heavy atom. The van der Waals surface area contributed by atoms with E-state index in [9.17, 15) is 14.4 Å².